The second-order valence-electron chi connectivity index (χ2n) is 4.45. The molecule has 0 saturated heterocycles. The molecular weight excluding hydrogens is 204 g/mol. The number of aryl methyl sites for hydroxylation is 1. The molecule has 1 fully saturated rings. The van der Waals surface area contributed by atoms with E-state index >= 15 is 0 Å². The summed E-state index contributed by atoms with van der Waals surface area (Å²) in [6, 6.07) is 3.41. The molecule has 4 heteroatoms. The van der Waals surface area contributed by atoms with Crippen molar-refractivity contribution in [2.45, 2.75) is 31.8 Å². The van der Waals surface area contributed by atoms with Crippen LogP contribution < -0.4 is 5.32 Å². The molecular formula is C12H16N2O2. The van der Waals surface area contributed by atoms with Crippen molar-refractivity contribution in [1.29, 1.82) is 0 Å². The van der Waals surface area contributed by atoms with Crippen molar-refractivity contribution in [2.75, 3.05) is 6.54 Å². The van der Waals surface area contributed by atoms with E-state index in [1.807, 2.05) is 6.92 Å². The van der Waals surface area contributed by atoms with Crippen molar-refractivity contribution < 1.29 is 9.90 Å². The number of aliphatic hydroxyl groups is 1. The lowest BCUT2D eigenvalue weighted by atomic mass is 9.80. The Labute approximate surface area is 94.7 Å². The molecule has 0 bridgehead atoms. The molecule has 1 aliphatic rings. The summed E-state index contributed by atoms with van der Waals surface area (Å²) in [5.41, 5.74) is 0.739. The second-order valence-corrected chi connectivity index (χ2v) is 4.45. The van der Waals surface area contributed by atoms with Crippen LogP contribution in [0.25, 0.3) is 0 Å². The van der Waals surface area contributed by atoms with Crippen LogP contribution in [0.4, 0.5) is 0 Å². The largest absolute Gasteiger partial charge is 0.388 e. The second kappa shape index (κ2) is 4.22. The Bertz CT molecular complexity index is 400. The zero-order valence-corrected chi connectivity index (χ0v) is 9.36. The Morgan fingerprint density at radius 3 is 2.94 bits per heavy atom. The van der Waals surface area contributed by atoms with Crippen molar-refractivity contribution >= 4 is 5.91 Å². The van der Waals surface area contributed by atoms with Gasteiger partial charge in [0.15, 0.2) is 0 Å². The molecule has 0 atom stereocenters. The van der Waals surface area contributed by atoms with Gasteiger partial charge in [0.2, 0.25) is 0 Å². The lowest BCUT2D eigenvalue weighted by Gasteiger charge is -2.36. The van der Waals surface area contributed by atoms with E-state index in [0.717, 1.165) is 25.0 Å². The first-order valence-electron chi connectivity index (χ1n) is 5.52. The first-order chi connectivity index (χ1) is 7.59. The number of hydrogen-bond donors (Lipinski definition) is 2. The minimum absolute atomic E-state index is 0.147. The van der Waals surface area contributed by atoms with Crippen LogP contribution in [0.5, 0.6) is 0 Å². The third-order valence-corrected chi connectivity index (χ3v) is 3.02. The van der Waals surface area contributed by atoms with E-state index < -0.39 is 5.60 Å². The van der Waals surface area contributed by atoms with Gasteiger partial charge >= 0.3 is 0 Å². The Balaban J connectivity index is 1.93. The molecule has 1 saturated carbocycles. The van der Waals surface area contributed by atoms with E-state index in [4.69, 9.17) is 0 Å². The van der Waals surface area contributed by atoms with Gasteiger partial charge in [0, 0.05) is 24.0 Å². The molecule has 1 amide bonds. The molecule has 86 valence electrons. The van der Waals surface area contributed by atoms with Crippen LogP contribution in [0.1, 0.15) is 35.3 Å². The monoisotopic (exact) mass is 220 g/mol. The number of amides is 1. The zero-order chi connectivity index (χ0) is 11.6. The Morgan fingerprint density at radius 1 is 1.62 bits per heavy atom. The summed E-state index contributed by atoms with van der Waals surface area (Å²) in [4.78, 5) is 15.8. The molecule has 0 radical (unpaired) electrons. The third kappa shape index (κ3) is 2.39. The predicted molar refractivity (Wildman–Crippen MR) is 60.1 cm³/mol. The maximum atomic E-state index is 11.7. The van der Waals surface area contributed by atoms with Crippen LogP contribution in [0.2, 0.25) is 0 Å². The maximum Gasteiger partial charge on any atom is 0.251 e. The van der Waals surface area contributed by atoms with Crippen LogP contribution in [0.15, 0.2) is 18.3 Å². The van der Waals surface area contributed by atoms with E-state index in [0.29, 0.717) is 12.1 Å². The van der Waals surface area contributed by atoms with Gasteiger partial charge in [0.25, 0.3) is 5.91 Å². The molecule has 1 heterocycles. The van der Waals surface area contributed by atoms with E-state index in [1.165, 1.54) is 0 Å². The molecule has 1 aromatic heterocycles. The van der Waals surface area contributed by atoms with Gasteiger partial charge in [0.05, 0.1) is 5.60 Å². The molecule has 0 aliphatic heterocycles. The highest BCUT2D eigenvalue weighted by molar-refractivity contribution is 5.94. The van der Waals surface area contributed by atoms with Gasteiger partial charge in [-0.05, 0) is 38.3 Å². The van der Waals surface area contributed by atoms with E-state index in [2.05, 4.69) is 10.3 Å². The van der Waals surface area contributed by atoms with Crippen LogP contribution in [0.3, 0.4) is 0 Å². The number of nitrogens with zero attached hydrogens (tertiary/aromatic N) is 1. The molecule has 1 aliphatic carbocycles. The predicted octanol–water partition coefficient (Wildman–Crippen LogP) is 1.03. The van der Waals surface area contributed by atoms with Crippen molar-refractivity contribution in [2.24, 2.45) is 0 Å². The summed E-state index contributed by atoms with van der Waals surface area (Å²) in [6.07, 6.45) is 4.22. The molecule has 2 N–H and O–H groups in total. The van der Waals surface area contributed by atoms with Gasteiger partial charge in [-0.15, -0.1) is 0 Å². The lowest BCUT2D eigenvalue weighted by Crippen LogP contribution is -2.47. The Kier molecular flexibility index (Phi) is 2.92. The van der Waals surface area contributed by atoms with Crippen LogP contribution in [-0.4, -0.2) is 28.1 Å². The summed E-state index contributed by atoms with van der Waals surface area (Å²) >= 11 is 0. The van der Waals surface area contributed by atoms with Gasteiger partial charge in [-0.1, -0.05) is 0 Å². The Hall–Kier alpha value is -1.42. The molecule has 16 heavy (non-hydrogen) atoms. The summed E-state index contributed by atoms with van der Waals surface area (Å²) in [7, 11) is 0. The average molecular weight is 220 g/mol. The van der Waals surface area contributed by atoms with Crippen molar-refractivity contribution in [3.8, 4) is 0 Å². The minimum atomic E-state index is -0.669. The van der Waals surface area contributed by atoms with E-state index in [-0.39, 0.29) is 5.91 Å². The van der Waals surface area contributed by atoms with Gasteiger partial charge in [-0.2, -0.15) is 0 Å². The van der Waals surface area contributed by atoms with E-state index in [9.17, 15) is 9.90 Å². The van der Waals surface area contributed by atoms with Gasteiger partial charge in [-0.3, -0.25) is 9.78 Å². The van der Waals surface area contributed by atoms with Gasteiger partial charge in [0.1, 0.15) is 0 Å². The topological polar surface area (TPSA) is 62.2 Å². The van der Waals surface area contributed by atoms with Crippen molar-refractivity contribution in [1.82, 2.24) is 10.3 Å². The summed E-state index contributed by atoms with van der Waals surface area (Å²) in [5, 5.41) is 12.6. The van der Waals surface area contributed by atoms with Crippen molar-refractivity contribution in [3.63, 3.8) is 0 Å². The smallest absolute Gasteiger partial charge is 0.251 e. The molecule has 2 rings (SSSR count). The van der Waals surface area contributed by atoms with Crippen LogP contribution >= 0.6 is 0 Å². The zero-order valence-electron chi connectivity index (χ0n) is 9.36. The molecule has 0 aromatic carbocycles. The number of rotatable bonds is 3. The first kappa shape index (κ1) is 11.1. The fourth-order valence-electron chi connectivity index (χ4n) is 1.80. The molecule has 1 aromatic rings. The highest BCUT2D eigenvalue weighted by Crippen LogP contribution is 2.30. The fraction of sp³-hybridized carbons (Fsp3) is 0.500. The number of pyridine rings is 1. The van der Waals surface area contributed by atoms with E-state index in [1.54, 1.807) is 18.3 Å². The third-order valence-electron chi connectivity index (χ3n) is 3.02. The number of carbonyl (C=O) groups excluding carboxylic acids is 1. The summed E-state index contributed by atoms with van der Waals surface area (Å²) in [5.74, 6) is -0.147. The van der Waals surface area contributed by atoms with Crippen LogP contribution in [-0.2, 0) is 0 Å². The van der Waals surface area contributed by atoms with Crippen LogP contribution in [0, 0.1) is 6.92 Å². The minimum Gasteiger partial charge on any atom is -0.388 e. The van der Waals surface area contributed by atoms with Crippen molar-refractivity contribution in [3.05, 3.63) is 29.6 Å². The quantitative estimate of drug-likeness (QED) is 0.800. The normalized spacial score (nSPS) is 17.6. The number of carbonyl (C=O) groups is 1. The highest BCUT2D eigenvalue weighted by atomic mass is 16.3. The van der Waals surface area contributed by atoms with Gasteiger partial charge in [-0.25, -0.2) is 0 Å². The number of nitrogens with one attached hydrogen (secondary N) is 1. The van der Waals surface area contributed by atoms with Gasteiger partial charge < -0.3 is 10.4 Å². The average Bonchev–Trinajstić information content (AvgIpc) is 2.23. The standard InChI is InChI=1S/C12H16N2O2/c1-9-7-10(3-6-13-9)11(15)14-8-12(16)4-2-5-12/h3,6-7,16H,2,4-5,8H2,1H3,(H,14,15). The molecule has 4 nitrogen and oxygen atoms in total. The molecule has 0 spiro atoms. The first-order valence-corrected chi connectivity index (χ1v) is 5.52. The fourth-order valence-corrected chi connectivity index (χ4v) is 1.80. The molecule has 0 unspecified atom stereocenters. The maximum absolute atomic E-state index is 11.7. The summed E-state index contributed by atoms with van der Waals surface area (Å²) < 4.78 is 0. The Morgan fingerprint density at radius 2 is 2.38 bits per heavy atom. The lowest BCUT2D eigenvalue weighted by molar-refractivity contribution is -0.0300. The SMILES string of the molecule is Cc1cc(C(=O)NCC2(O)CCC2)ccn1. The summed E-state index contributed by atoms with van der Waals surface area (Å²) in [6.45, 7) is 2.18. The number of hydrogen-bond acceptors (Lipinski definition) is 3. The number of aromatic nitrogens is 1. The highest BCUT2D eigenvalue weighted by Gasteiger charge is 2.34.